The molecule has 26 heavy (non-hydrogen) atoms. The van der Waals surface area contributed by atoms with E-state index >= 15 is 0 Å². The van der Waals surface area contributed by atoms with Crippen molar-refractivity contribution in [1.29, 1.82) is 0 Å². The van der Waals surface area contributed by atoms with Crippen LogP contribution in [0, 0.1) is 13.8 Å². The largest absolute Gasteiger partial charge is 0.339 e. The zero-order chi connectivity index (χ0) is 18.7. The lowest BCUT2D eigenvalue weighted by Gasteiger charge is -2.27. The van der Waals surface area contributed by atoms with Crippen LogP contribution in [0.5, 0.6) is 0 Å². The van der Waals surface area contributed by atoms with Crippen molar-refractivity contribution in [2.24, 2.45) is 7.05 Å². The molecular weight excluding hydrogens is 328 g/mol. The van der Waals surface area contributed by atoms with Gasteiger partial charge in [0.1, 0.15) is 0 Å². The van der Waals surface area contributed by atoms with E-state index in [-0.39, 0.29) is 18.2 Å². The first-order valence-electron chi connectivity index (χ1n) is 9.14. The van der Waals surface area contributed by atoms with E-state index in [1.54, 1.807) is 16.8 Å². The summed E-state index contributed by atoms with van der Waals surface area (Å²) >= 11 is 0. The number of rotatable bonds is 4. The summed E-state index contributed by atoms with van der Waals surface area (Å²) in [5.74, 6) is -0.141. The first kappa shape index (κ1) is 18.2. The Kier molecular flexibility index (Phi) is 5.40. The summed E-state index contributed by atoms with van der Waals surface area (Å²) in [4.78, 5) is 27.3. The molecule has 0 spiro atoms. The number of nitrogens with zero attached hydrogens (tertiary/aromatic N) is 3. The molecule has 0 aliphatic carbocycles. The van der Waals surface area contributed by atoms with Crippen molar-refractivity contribution in [3.63, 3.8) is 0 Å². The molecule has 0 atom stereocenters. The number of benzene rings is 1. The second-order valence-corrected chi connectivity index (χ2v) is 6.90. The molecule has 2 aromatic rings. The highest BCUT2D eigenvalue weighted by molar-refractivity contribution is 6.04. The maximum absolute atomic E-state index is 12.8. The summed E-state index contributed by atoms with van der Waals surface area (Å²) in [5, 5.41) is 7.27. The Balaban J connectivity index is 1.75. The number of para-hydroxylation sites is 1. The number of amides is 2. The summed E-state index contributed by atoms with van der Waals surface area (Å²) in [6.45, 7) is 5.43. The summed E-state index contributed by atoms with van der Waals surface area (Å²) in [7, 11) is 1.87. The molecule has 138 valence electrons. The number of anilines is 1. The van der Waals surface area contributed by atoms with Gasteiger partial charge < -0.3 is 10.2 Å². The summed E-state index contributed by atoms with van der Waals surface area (Å²) < 4.78 is 1.78. The minimum absolute atomic E-state index is 0.00524. The average Bonchev–Trinajstić information content (AvgIpc) is 2.88. The molecule has 3 rings (SSSR count). The van der Waals surface area contributed by atoms with E-state index < -0.39 is 0 Å². The topological polar surface area (TPSA) is 67.2 Å². The predicted molar refractivity (Wildman–Crippen MR) is 101 cm³/mol. The third-order valence-corrected chi connectivity index (χ3v) is 5.07. The molecule has 1 fully saturated rings. The molecule has 2 amide bonds. The van der Waals surface area contributed by atoms with Crippen LogP contribution < -0.4 is 5.32 Å². The Morgan fingerprint density at radius 1 is 1.12 bits per heavy atom. The highest BCUT2D eigenvalue weighted by Gasteiger charge is 2.21. The van der Waals surface area contributed by atoms with E-state index in [9.17, 15) is 9.59 Å². The van der Waals surface area contributed by atoms with Crippen molar-refractivity contribution >= 4 is 17.5 Å². The number of hydrogen-bond donors (Lipinski definition) is 1. The molecule has 1 aromatic carbocycles. The highest BCUT2D eigenvalue weighted by Crippen LogP contribution is 2.21. The molecule has 0 bridgehead atoms. The van der Waals surface area contributed by atoms with Gasteiger partial charge in [0.15, 0.2) is 0 Å². The van der Waals surface area contributed by atoms with E-state index in [2.05, 4.69) is 10.4 Å². The van der Waals surface area contributed by atoms with Crippen molar-refractivity contribution in [3.05, 3.63) is 46.8 Å². The van der Waals surface area contributed by atoms with Crippen LogP contribution in [0.15, 0.2) is 24.3 Å². The molecular formula is C20H26N4O2. The second-order valence-electron chi connectivity index (χ2n) is 6.90. The third-order valence-electron chi connectivity index (χ3n) is 5.07. The van der Waals surface area contributed by atoms with Gasteiger partial charge in [0.05, 0.1) is 23.4 Å². The van der Waals surface area contributed by atoms with Crippen LogP contribution in [0.3, 0.4) is 0 Å². The van der Waals surface area contributed by atoms with Crippen molar-refractivity contribution in [3.8, 4) is 0 Å². The van der Waals surface area contributed by atoms with Crippen LogP contribution in [0.2, 0.25) is 0 Å². The van der Waals surface area contributed by atoms with Gasteiger partial charge in [-0.1, -0.05) is 12.1 Å². The fourth-order valence-corrected chi connectivity index (χ4v) is 3.47. The van der Waals surface area contributed by atoms with Gasteiger partial charge in [0.2, 0.25) is 5.91 Å². The molecule has 0 unspecified atom stereocenters. The SMILES string of the molecule is Cc1nn(C)c(C)c1CC(=O)Nc1ccccc1C(=O)N1CCCCC1. The normalized spacial score (nSPS) is 14.3. The lowest BCUT2D eigenvalue weighted by molar-refractivity contribution is -0.115. The lowest BCUT2D eigenvalue weighted by atomic mass is 10.1. The number of aromatic nitrogens is 2. The first-order valence-corrected chi connectivity index (χ1v) is 9.14. The Labute approximate surface area is 154 Å². The smallest absolute Gasteiger partial charge is 0.255 e. The van der Waals surface area contributed by atoms with Crippen LogP contribution in [0.4, 0.5) is 5.69 Å². The van der Waals surface area contributed by atoms with Crippen LogP contribution in [0.25, 0.3) is 0 Å². The molecule has 1 N–H and O–H groups in total. The number of hydrogen-bond acceptors (Lipinski definition) is 3. The van der Waals surface area contributed by atoms with Crippen LogP contribution >= 0.6 is 0 Å². The van der Waals surface area contributed by atoms with Crippen molar-refractivity contribution in [1.82, 2.24) is 14.7 Å². The highest BCUT2D eigenvalue weighted by atomic mass is 16.2. The van der Waals surface area contributed by atoms with Gasteiger partial charge in [0, 0.05) is 31.4 Å². The van der Waals surface area contributed by atoms with Crippen molar-refractivity contribution in [2.45, 2.75) is 39.5 Å². The number of carbonyl (C=O) groups is 2. The predicted octanol–water partition coefficient (Wildman–Crippen LogP) is 2.84. The van der Waals surface area contributed by atoms with E-state index in [0.29, 0.717) is 11.3 Å². The van der Waals surface area contributed by atoms with E-state index in [1.807, 2.05) is 37.9 Å². The zero-order valence-corrected chi connectivity index (χ0v) is 15.7. The van der Waals surface area contributed by atoms with E-state index in [0.717, 1.165) is 42.9 Å². The quantitative estimate of drug-likeness (QED) is 0.918. The van der Waals surface area contributed by atoms with Gasteiger partial charge in [-0.3, -0.25) is 14.3 Å². The zero-order valence-electron chi connectivity index (χ0n) is 15.7. The maximum Gasteiger partial charge on any atom is 0.255 e. The average molecular weight is 354 g/mol. The summed E-state index contributed by atoms with van der Waals surface area (Å²) in [5.41, 5.74) is 3.91. The number of aryl methyl sites for hydroxylation is 2. The summed E-state index contributed by atoms with van der Waals surface area (Å²) in [6, 6.07) is 7.25. The molecule has 0 saturated carbocycles. The Morgan fingerprint density at radius 2 is 1.81 bits per heavy atom. The monoisotopic (exact) mass is 354 g/mol. The number of carbonyl (C=O) groups excluding carboxylic acids is 2. The fraction of sp³-hybridized carbons (Fsp3) is 0.450. The molecule has 1 aliphatic heterocycles. The van der Waals surface area contributed by atoms with Gasteiger partial charge in [-0.25, -0.2) is 0 Å². The van der Waals surface area contributed by atoms with Gasteiger partial charge in [0.25, 0.3) is 5.91 Å². The molecule has 1 saturated heterocycles. The number of nitrogens with one attached hydrogen (secondary N) is 1. The van der Waals surface area contributed by atoms with Crippen molar-refractivity contribution < 1.29 is 9.59 Å². The standard InChI is InChI=1S/C20H26N4O2/c1-14-17(15(2)23(3)22-14)13-19(25)21-18-10-6-5-9-16(18)20(26)24-11-7-4-8-12-24/h5-6,9-10H,4,7-8,11-13H2,1-3H3,(H,21,25). The minimum atomic E-state index is -0.136. The lowest BCUT2D eigenvalue weighted by Crippen LogP contribution is -2.36. The fourth-order valence-electron chi connectivity index (χ4n) is 3.47. The first-order chi connectivity index (χ1) is 12.5. The maximum atomic E-state index is 12.8. The molecule has 6 heteroatoms. The van der Waals surface area contributed by atoms with E-state index in [4.69, 9.17) is 0 Å². The number of piperidine rings is 1. The third kappa shape index (κ3) is 3.79. The van der Waals surface area contributed by atoms with Crippen molar-refractivity contribution in [2.75, 3.05) is 18.4 Å². The number of likely N-dealkylation sites (tertiary alicyclic amines) is 1. The molecule has 2 heterocycles. The van der Waals surface area contributed by atoms with Crippen LogP contribution in [-0.4, -0.2) is 39.6 Å². The van der Waals surface area contributed by atoms with Gasteiger partial charge >= 0.3 is 0 Å². The van der Waals surface area contributed by atoms with Crippen LogP contribution in [0.1, 0.15) is 46.6 Å². The molecule has 6 nitrogen and oxygen atoms in total. The summed E-state index contributed by atoms with van der Waals surface area (Å²) in [6.07, 6.45) is 3.50. The van der Waals surface area contributed by atoms with Crippen LogP contribution in [-0.2, 0) is 18.3 Å². The molecule has 1 aromatic heterocycles. The second kappa shape index (κ2) is 7.72. The Bertz CT molecular complexity index is 819. The Morgan fingerprint density at radius 3 is 2.46 bits per heavy atom. The van der Waals surface area contributed by atoms with Gasteiger partial charge in [-0.15, -0.1) is 0 Å². The molecule has 0 radical (unpaired) electrons. The molecule has 1 aliphatic rings. The van der Waals surface area contributed by atoms with Gasteiger partial charge in [-0.2, -0.15) is 5.10 Å². The minimum Gasteiger partial charge on any atom is -0.339 e. The van der Waals surface area contributed by atoms with E-state index in [1.165, 1.54) is 6.42 Å². The Hall–Kier alpha value is -2.63. The van der Waals surface area contributed by atoms with Gasteiger partial charge in [-0.05, 0) is 45.2 Å².